The third-order valence-corrected chi connectivity index (χ3v) is 4.00. The van der Waals surface area contributed by atoms with Crippen molar-refractivity contribution in [3.8, 4) is 5.75 Å². The number of hydrogen-bond acceptors (Lipinski definition) is 4. The highest BCUT2D eigenvalue weighted by Crippen LogP contribution is 2.30. The van der Waals surface area contributed by atoms with Gasteiger partial charge in [-0.05, 0) is 31.2 Å². The minimum Gasteiger partial charge on any atom is -0.492 e. The molecule has 25 heavy (non-hydrogen) atoms. The zero-order valence-corrected chi connectivity index (χ0v) is 14.1. The Kier molecular flexibility index (Phi) is 4.52. The Balaban J connectivity index is 1.94. The molecule has 0 radical (unpaired) electrons. The molecule has 1 aliphatic heterocycles. The average molecular weight is 338 g/mol. The molecule has 2 aromatic rings. The maximum Gasteiger partial charge on any atom is 0.263 e. The number of fused-ring (bicyclic) bond motifs is 1. The Morgan fingerprint density at radius 2 is 1.56 bits per heavy atom. The molecule has 128 valence electrons. The molecule has 0 atom stereocenters. The summed E-state index contributed by atoms with van der Waals surface area (Å²) in [6.07, 6.45) is 0. The maximum absolute atomic E-state index is 12.5. The first kappa shape index (κ1) is 16.7. The van der Waals surface area contributed by atoms with E-state index in [-0.39, 0.29) is 12.6 Å². The van der Waals surface area contributed by atoms with Crippen molar-refractivity contribution in [2.75, 3.05) is 18.2 Å². The summed E-state index contributed by atoms with van der Waals surface area (Å²) in [6.45, 7) is 3.52. The van der Waals surface area contributed by atoms with Crippen molar-refractivity contribution in [3.63, 3.8) is 0 Å². The molecular weight excluding hydrogens is 320 g/mol. The number of hydrogen-bond donors (Lipinski definition) is 0. The number of nitrogens with zero attached hydrogens (tertiary/aromatic N) is 2. The smallest absolute Gasteiger partial charge is 0.263 e. The van der Waals surface area contributed by atoms with Crippen LogP contribution in [0.2, 0.25) is 0 Å². The van der Waals surface area contributed by atoms with E-state index >= 15 is 0 Å². The number of amides is 3. The molecule has 6 heteroatoms. The molecule has 3 rings (SSSR count). The number of para-hydroxylation sites is 2. The van der Waals surface area contributed by atoms with Gasteiger partial charge in [0.1, 0.15) is 12.4 Å². The van der Waals surface area contributed by atoms with Crippen LogP contribution in [0.1, 0.15) is 34.6 Å². The Labute approximate surface area is 145 Å². The van der Waals surface area contributed by atoms with Crippen molar-refractivity contribution < 1.29 is 19.1 Å². The third-order valence-electron chi connectivity index (χ3n) is 4.00. The highest BCUT2D eigenvalue weighted by Gasteiger charge is 2.37. The van der Waals surface area contributed by atoms with Crippen LogP contribution in [0, 0.1) is 0 Å². The van der Waals surface area contributed by atoms with Gasteiger partial charge in [0.2, 0.25) is 5.91 Å². The minimum atomic E-state index is -0.402. The van der Waals surface area contributed by atoms with E-state index in [1.165, 1.54) is 11.8 Å². The van der Waals surface area contributed by atoms with Crippen molar-refractivity contribution in [2.45, 2.75) is 13.8 Å². The summed E-state index contributed by atoms with van der Waals surface area (Å²) < 4.78 is 5.57. The molecule has 0 N–H and O–H groups in total. The lowest BCUT2D eigenvalue weighted by molar-refractivity contribution is -0.116. The van der Waals surface area contributed by atoms with E-state index in [1.54, 1.807) is 48.5 Å². The molecule has 0 aliphatic carbocycles. The molecule has 2 aromatic carbocycles. The highest BCUT2D eigenvalue weighted by molar-refractivity contribution is 6.21. The quantitative estimate of drug-likeness (QED) is 0.786. The second kappa shape index (κ2) is 6.76. The van der Waals surface area contributed by atoms with Crippen LogP contribution in [0.15, 0.2) is 48.5 Å². The van der Waals surface area contributed by atoms with Crippen LogP contribution in [0.5, 0.6) is 5.75 Å². The summed E-state index contributed by atoms with van der Waals surface area (Å²) in [7, 11) is 0. The largest absolute Gasteiger partial charge is 0.492 e. The average Bonchev–Trinajstić information content (AvgIpc) is 2.85. The number of imide groups is 1. The van der Waals surface area contributed by atoms with Crippen LogP contribution in [0.25, 0.3) is 0 Å². The van der Waals surface area contributed by atoms with Gasteiger partial charge in [0, 0.05) is 6.92 Å². The lowest BCUT2D eigenvalue weighted by atomic mass is 10.1. The van der Waals surface area contributed by atoms with E-state index in [0.717, 1.165) is 4.90 Å². The molecule has 0 fully saturated rings. The van der Waals surface area contributed by atoms with Gasteiger partial charge in [-0.1, -0.05) is 24.3 Å². The van der Waals surface area contributed by atoms with Gasteiger partial charge in [0.05, 0.1) is 23.4 Å². The van der Waals surface area contributed by atoms with E-state index < -0.39 is 11.8 Å². The van der Waals surface area contributed by atoms with Gasteiger partial charge in [0.25, 0.3) is 11.8 Å². The molecule has 6 nitrogen and oxygen atoms in total. The summed E-state index contributed by atoms with van der Waals surface area (Å²) in [5.41, 5.74) is 1.23. The predicted molar refractivity (Wildman–Crippen MR) is 92.6 cm³/mol. The molecule has 0 aromatic heterocycles. The second-order valence-electron chi connectivity index (χ2n) is 5.57. The van der Waals surface area contributed by atoms with Crippen LogP contribution in [-0.4, -0.2) is 35.9 Å². The van der Waals surface area contributed by atoms with Crippen molar-refractivity contribution in [1.29, 1.82) is 0 Å². The lowest BCUT2D eigenvalue weighted by Gasteiger charge is -2.27. The third kappa shape index (κ3) is 2.98. The number of carbonyl (C=O) groups excluding carboxylic acids is 3. The van der Waals surface area contributed by atoms with E-state index in [9.17, 15) is 14.4 Å². The fourth-order valence-corrected chi connectivity index (χ4v) is 2.81. The van der Waals surface area contributed by atoms with Gasteiger partial charge in [-0.2, -0.15) is 0 Å². The fourth-order valence-electron chi connectivity index (χ4n) is 2.81. The summed E-state index contributed by atoms with van der Waals surface area (Å²) in [5, 5.41) is 0. The number of rotatable bonds is 5. The van der Waals surface area contributed by atoms with Gasteiger partial charge in [-0.15, -0.1) is 0 Å². The van der Waals surface area contributed by atoms with Crippen molar-refractivity contribution in [3.05, 3.63) is 59.7 Å². The van der Waals surface area contributed by atoms with Crippen LogP contribution >= 0.6 is 0 Å². The first-order valence-corrected chi connectivity index (χ1v) is 7.99. The van der Waals surface area contributed by atoms with Crippen molar-refractivity contribution in [2.24, 2.45) is 0 Å². The molecule has 0 bridgehead atoms. The number of carbonyl (C=O) groups is 3. The molecule has 3 amide bonds. The van der Waals surface area contributed by atoms with E-state index in [1.807, 2.05) is 6.92 Å². The minimum absolute atomic E-state index is 0.161. The number of ether oxygens (including phenoxy) is 1. The molecule has 1 heterocycles. The van der Waals surface area contributed by atoms with Gasteiger partial charge >= 0.3 is 0 Å². The van der Waals surface area contributed by atoms with Crippen molar-refractivity contribution in [1.82, 2.24) is 4.90 Å². The van der Waals surface area contributed by atoms with Crippen LogP contribution < -0.4 is 9.64 Å². The first-order chi connectivity index (χ1) is 12.0. The second-order valence-corrected chi connectivity index (χ2v) is 5.57. The fraction of sp³-hybridized carbons (Fsp3) is 0.211. The van der Waals surface area contributed by atoms with E-state index in [0.29, 0.717) is 29.2 Å². The van der Waals surface area contributed by atoms with Gasteiger partial charge < -0.3 is 4.74 Å². The Morgan fingerprint density at radius 1 is 1.00 bits per heavy atom. The lowest BCUT2D eigenvalue weighted by Crippen LogP contribution is -2.43. The standard InChI is InChI=1S/C19H18N2O4/c1-3-25-17-11-7-6-10-16(17)20(13(2)22)12-21-18(23)14-8-4-5-9-15(14)19(21)24/h4-11H,3,12H2,1-2H3. The molecule has 0 saturated carbocycles. The van der Waals surface area contributed by atoms with Crippen LogP contribution in [0.3, 0.4) is 0 Å². The highest BCUT2D eigenvalue weighted by atomic mass is 16.5. The Bertz CT molecular complexity index is 812. The topological polar surface area (TPSA) is 66.9 Å². The first-order valence-electron chi connectivity index (χ1n) is 7.99. The number of anilines is 1. The van der Waals surface area contributed by atoms with Crippen LogP contribution in [0.4, 0.5) is 5.69 Å². The van der Waals surface area contributed by atoms with Crippen LogP contribution in [-0.2, 0) is 4.79 Å². The summed E-state index contributed by atoms with van der Waals surface area (Å²) >= 11 is 0. The summed E-state index contributed by atoms with van der Waals surface area (Å²) in [4.78, 5) is 39.7. The summed E-state index contributed by atoms with van der Waals surface area (Å²) in [6, 6.07) is 13.7. The SMILES string of the molecule is CCOc1ccccc1N(CN1C(=O)c2ccccc2C1=O)C(C)=O. The molecule has 0 unspecified atom stereocenters. The Hall–Kier alpha value is -3.15. The van der Waals surface area contributed by atoms with Gasteiger partial charge in [0.15, 0.2) is 0 Å². The predicted octanol–water partition coefficient (Wildman–Crippen LogP) is 2.69. The molecule has 0 spiro atoms. The number of benzene rings is 2. The van der Waals surface area contributed by atoms with Gasteiger partial charge in [-0.25, -0.2) is 0 Å². The van der Waals surface area contributed by atoms with E-state index in [4.69, 9.17) is 4.74 Å². The van der Waals surface area contributed by atoms with Crippen molar-refractivity contribution >= 4 is 23.4 Å². The zero-order chi connectivity index (χ0) is 18.0. The monoisotopic (exact) mass is 338 g/mol. The zero-order valence-electron chi connectivity index (χ0n) is 14.1. The normalized spacial score (nSPS) is 13.0. The van der Waals surface area contributed by atoms with E-state index in [2.05, 4.69) is 0 Å². The Morgan fingerprint density at radius 3 is 2.12 bits per heavy atom. The molecular formula is C19H18N2O4. The molecule has 1 aliphatic rings. The summed E-state index contributed by atoms with van der Waals surface area (Å²) in [5.74, 6) is -0.568. The maximum atomic E-state index is 12.5. The van der Waals surface area contributed by atoms with Gasteiger partial charge in [-0.3, -0.25) is 24.2 Å². The molecule has 0 saturated heterocycles.